The molecule has 138 valence electrons. The second-order valence-corrected chi connectivity index (χ2v) is 5.83. The van der Waals surface area contributed by atoms with Crippen molar-refractivity contribution in [3.63, 3.8) is 0 Å². The summed E-state index contributed by atoms with van der Waals surface area (Å²) in [5, 5.41) is 7.77. The summed E-state index contributed by atoms with van der Waals surface area (Å²) in [5.74, 6) is 2.64. The van der Waals surface area contributed by atoms with Crippen molar-refractivity contribution in [2.75, 3.05) is 0 Å². The molecule has 0 saturated heterocycles. The van der Waals surface area contributed by atoms with Crippen LogP contribution in [0.25, 0.3) is 11.5 Å². The fraction of sp³-hybridized carbons (Fsp3) is 0.200. The highest BCUT2D eigenvalue weighted by Gasteiger charge is 2.29. The summed E-state index contributed by atoms with van der Waals surface area (Å²) < 4.78 is 48.9. The van der Waals surface area contributed by atoms with Gasteiger partial charge in [-0.1, -0.05) is 41.4 Å². The predicted octanol–water partition coefficient (Wildman–Crippen LogP) is 4.75. The van der Waals surface area contributed by atoms with Crippen molar-refractivity contribution in [3.05, 3.63) is 65.2 Å². The zero-order valence-corrected chi connectivity index (χ0v) is 14.3. The van der Waals surface area contributed by atoms with E-state index in [0.29, 0.717) is 12.0 Å². The van der Waals surface area contributed by atoms with E-state index >= 15 is 0 Å². The van der Waals surface area contributed by atoms with E-state index in [1.165, 1.54) is 12.1 Å². The molecule has 0 spiro atoms. The van der Waals surface area contributed by atoms with Crippen molar-refractivity contribution in [3.8, 4) is 29.9 Å². The maximum Gasteiger partial charge on any atom is 0.416 e. The molecule has 0 bridgehead atoms. The Labute approximate surface area is 154 Å². The number of hydrogen-bond donors (Lipinski definition) is 0. The summed E-state index contributed by atoms with van der Waals surface area (Å²) in [5.41, 5.74) is 1.55. The smallest absolute Gasteiger partial charge is 0.416 e. The van der Waals surface area contributed by atoms with Crippen LogP contribution in [0.15, 0.2) is 52.9 Å². The van der Waals surface area contributed by atoms with Crippen molar-refractivity contribution < 1.29 is 22.3 Å². The lowest BCUT2D eigenvalue weighted by Crippen LogP contribution is -2.08. The van der Waals surface area contributed by atoms with Crippen molar-refractivity contribution >= 4 is 0 Å². The summed E-state index contributed by atoms with van der Waals surface area (Å²) in [7, 11) is 0. The van der Waals surface area contributed by atoms with Gasteiger partial charge in [0.25, 0.3) is 5.89 Å². The van der Waals surface area contributed by atoms with Gasteiger partial charge in [-0.3, -0.25) is 0 Å². The maximum atomic E-state index is 12.7. The molecule has 7 heteroatoms. The first-order valence-electron chi connectivity index (χ1n) is 8.07. The average Bonchev–Trinajstić information content (AvgIpc) is 3.10. The van der Waals surface area contributed by atoms with E-state index < -0.39 is 17.8 Å². The molecule has 3 aromatic rings. The van der Waals surface area contributed by atoms with Gasteiger partial charge in [-0.2, -0.15) is 13.2 Å². The van der Waals surface area contributed by atoms with E-state index in [1.807, 2.05) is 12.1 Å². The molecule has 0 amide bonds. The van der Waals surface area contributed by atoms with Crippen LogP contribution in [-0.4, -0.2) is 16.3 Å². The average molecular weight is 372 g/mol. The molecular weight excluding hydrogens is 357 g/mol. The van der Waals surface area contributed by atoms with Gasteiger partial charge >= 0.3 is 12.3 Å². The maximum absolute atomic E-state index is 12.7. The standard InChI is InChI=1S/C20H15F3N2O2/c1-3-13(2)26-19-25-24-18(27-19)17-7-5-4-6-15(17)12-14-8-10-16(11-9-14)20(21,22)23/h1,4-11,13H,12H2,2H3. The first-order chi connectivity index (χ1) is 12.9. The van der Waals surface area contributed by atoms with E-state index in [4.69, 9.17) is 15.6 Å². The van der Waals surface area contributed by atoms with Gasteiger partial charge in [-0.15, -0.1) is 11.5 Å². The lowest BCUT2D eigenvalue weighted by molar-refractivity contribution is -0.137. The molecule has 27 heavy (non-hydrogen) atoms. The van der Waals surface area contributed by atoms with Gasteiger partial charge in [0.05, 0.1) is 5.56 Å². The fourth-order valence-electron chi connectivity index (χ4n) is 2.47. The molecule has 0 fully saturated rings. The number of nitrogens with zero attached hydrogens (tertiary/aromatic N) is 2. The third-order valence-corrected chi connectivity index (χ3v) is 3.84. The van der Waals surface area contributed by atoms with Gasteiger partial charge in [0.2, 0.25) is 0 Å². The van der Waals surface area contributed by atoms with E-state index in [1.54, 1.807) is 19.1 Å². The first kappa shape index (κ1) is 18.5. The number of alkyl halides is 3. The Morgan fingerprint density at radius 3 is 2.48 bits per heavy atom. The molecule has 4 nitrogen and oxygen atoms in total. The summed E-state index contributed by atoms with van der Waals surface area (Å²) in [6, 6.07) is 12.3. The number of benzene rings is 2. The number of aromatic nitrogens is 2. The van der Waals surface area contributed by atoms with Gasteiger partial charge in [-0.25, -0.2) is 0 Å². The lowest BCUT2D eigenvalue weighted by atomic mass is 9.99. The number of hydrogen-bond acceptors (Lipinski definition) is 4. The molecule has 0 N–H and O–H groups in total. The third kappa shape index (κ3) is 4.47. The Bertz CT molecular complexity index is 956. The molecule has 3 rings (SSSR count). The Kier molecular flexibility index (Phi) is 5.17. The van der Waals surface area contributed by atoms with E-state index in [-0.39, 0.29) is 12.0 Å². The number of ether oxygens (including phenoxy) is 1. The molecule has 0 aliphatic carbocycles. The quantitative estimate of drug-likeness (QED) is 0.607. The molecule has 0 aliphatic rings. The molecular formula is C20H15F3N2O2. The van der Waals surface area contributed by atoms with Crippen molar-refractivity contribution in [2.45, 2.75) is 25.6 Å². The predicted molar refractivity (Wildman–Crippen MR) is 92.9 cm³/mol. The van der Waals surface area contributed by atoms with Gasteiger partial charge in [-0.05, 0) is 42.7 Å². The van der Waals surface area contributed by atoms with E-state index in [0.717, 1.165) is 23.3 Å². The highest BCUT2D eigenvalue weighted by molar-refractivity contribution is 5.59. The molecule has 1 atom stereocenters. The minimum atomic E-state index is -4.36. The van der Waals surface area contributed by atoms with Gasteiger partial charge in [0, 0.05) is 5.56 Å². The second kappa shape index (κ2) is 7.54. The van der Waals surface area contributed by atoms with Gasteiger partial charge in [0.15, 0.2) is 6.10 Å². The number of rotatable bonds is 5. The second-order valence-electron chi connectivity index (χ2n) is 5.83. The Hall–Kier alpha value is -3.27. The molecule has 1 unspecified atom stereocenters. The Morgan fingerprint density at radius 2 is 1.81 bits per heavy atom. The molecule has 1 heterocycles. The van der Waals surface area contributed by atoms with Crippen molar-refractivity contribution in [1.82, 2.24) is 10.2 Å². The van der Waals surface area contributed by atoms with Crippen LogP contribution in [0.5, 0.6) is 6.08 Å². The molecule has 2 aromatic carbocycles. The summed E-state index contributed by atoms with van der Waals surface area (Å²) >= 11 is 0. The molecule has 1 aromatic heterocycles. The summed E-state index contributed by atoms with van der Waals surface area (Å²) in [4.78, 5) is 0. The molecule has 0 radical (unpaired) electrons. The minimum absolute atomic E-state index is 0.0419. The van der Waals surface area contributed by atoms with Crippen LogP contribution in [0.1, 0.15) is 23.6 Å². The van der Waals surface area contributed by atoms with Crippen LogP contribution >= 0.6 is 0 Å². The van der Waals surface area contributed by atoms with Crippen LogP contribution in [0.2, 0.25) is 0 Å². The highest BCUT2D eigenvalue weighted by atomic mass is 19.4. The van der Waals surface area contributed by atoms with Crippen LogP contribution in [-0.2, 0) is 12.6 Å². The Balaban J connectivity index is 1.84. The fourth-order valence-corrected chi connectivity index (χ4v) is 2.47. The number of halogens is 3. The lowest BCUT2D eigenvalue weighted by Gasteiger charge is -2.09. The zero-order valence-electron chi connectivity index (χ0n) is 14.3. The zero-order chi connectivity index (χ0) is 19.4. The van der Waals surface area contributed by atoms with Crippen LogP contribution in [0.3, 0.4) is 0 Å². The van der Waals surface area contributed by atoms with E-state index in [9.17, 15) is 13.2 Å². The van der Waals surface area contributed by atoms with E-state index in [2.05, 4.69) is 16.1 Å². The van der Waals surface area contributed by atoms with Crippen LogP contribution in [0, 0.1) is 12.3 Å². The summed E-state index contributed by atoms with van der Waals surface area (Å²) in [6.45, 7) is 1.67. The monoisotopic (exact) mass is 372 g/mol. The van der Waals surface area contributed by atoms with Crippen LogP contribution in [0.4, 0.5) is 13.2 Å². The minimum Gasteiger partial charge on any atom is -0.433 e. The third-order valence-electron chi connectivity index (χ3n) is 3.84. The number of terminal acetylenes is 1. The molecule has 0 saturated carbocycles. The Morgan fingerprint density at radius 1 is 1.11 bits per heavy atom. The van der Waals surface area contributed by atoms with Crippen LogP contribution < -0.4 is 4.74 Å². The summed E-state index contributed by atoms with van der Waals surface area (Å²) in [6.07, 6.45) is 0.750. The highest BCUT2D eigenvalue weighted by Crippen LogP contribution is 2.30. The van der Waals surface area contributed by atoms with Gasteiger partial charge < -0.3 is 9.15 Å². The first-order valence-corrected chi connectivity index (χ1v) is 8.07. The van der Waals surface area contributed by atoms with Crippen molar-refractivity contribution in [2.24, 2.45) is 0 Å². The topological polar surface area (TPSA) is 48.2 Å². The van der Waals surface area contributed by atoms with Crippen molar-refractivity contribution in [1.29, 1.82) is 0 Å². The normalized spacial score (nSPS) is 12.4. The molecule has 0 aliphatic heterocycles. The SMILES string of the molecule is C#CC(C)Oc1nnc(-c2ccccc2Cc2ccc(C(F)(F)F)cc2)o1. The largest absolute Gasteiger partial charge is 0.433 e. The van der Waals surface area contributed by atoms with Gasteiger partial charge in [0.1, 0.15) is 0 Å².